The van der Waals surface area contributed by atoms with E-state index in [-0.39, 0.29) is 18.6 Å². The fourth-order valence-corrected chi connectivity index (χ4v) is 1.82. The van der Waals surface area contributed by atoms with E-state index in [1.165, 1.54) is 18.2 Å². The summed E-state index contributed by atoms with van der Waals surface area (Å²) < 4.78 is 42.7. The molecule has 1 aromatic rings. The molecule has 1 aliphatic heterocycles. The first kappa shape index (κ1) is 11.0. The molecule has 0 saturated carbocycles. The summed E-state index contributed by atoms with van der Waals surface area (Å²) in [6.45, 7) is 0.0337. The Morgan fingerprint density at radius 1 is 1.25 bits per heavy atom. The summed E-state index contributed by atoms with van der Waals surface area (Å²) in [4.78, 5) is 10.9. The van der Waals surface area contributed by atoms with Crippen molar-refractivity contribution >= 4 is 5.97 Å². The van der Waals surface area contributed by atoms with Crippen LogP contribution >= 0.6 is 0 Å². The minimum atomic E-state index is -4.39. The number of ether oxygens (including phenoxy) is 1. The van der Waals surface area contributed by atoms with Gasteiger partial charge in [-0.25, -0.2) is 0 Å². The lowest BCUT2D eigenvalue weighted by Gasteiger charge is -2.15. The minimum absolute atomic E-state index is 0.0209. The summed E-state index contributed by atoms with van der Waals surface area (Å²) in [6.07, 6.45) is -4.37. The summed E-state index contributed by atoms with van der Waals surface area (Å²) in [7, 11) is 0. The van der Waals surface area contributed by atoms with E-state index in [0.29, 0.717) is 0 Å². The van der Waals surface area contributed by atoms with E-state index in [2.05, 4.69) is 4.74 Å². The van der Waals surface area contributed by atoms with Crippen LogP contribution in [0.25, 0.3) is 0 Å². The number of rotatable bonds is 1. The topological polar surface area (TPSA) is 26.3 Å². The molecule has 2 rings (SSSR count). The second-order valence-electron chi connectivity index (χ2n) is 3.67. The highest BCUT2D eigenvalue weighted by Crippen LogP contribution is 2.37. The fourth-order valence-electron chi connectivity index (χ4n) is 1.82. The van der Waals surface area contributed by atoms with Gasteiger partial charge in [0.2, 0.25) is 0 Å². The number of benzene rings is 1. The summed E-state index contributed by atoms with van der Waals surface area (Å²) in [6, 6.07) is 5.30. The lowest BCUT2D eigenvalue weighted by molar-refractivity contribution is -0.139. The first-order chi connectivity index (χ1) is 7.48. The molecule has 0 aromatic heterocycles. The molecule has 2 nitrogen and oxygen atoms in total. The highest BCUT2D eigenvalue weighted by atomic mass is 19.4. The molecule has 0 amide bonds. The van der Waals surface area contributed by atoms with Gasteiger partial charge in [-0.3, -0.25) is 4.79 Å². The van der Waals surface area contributed by atoms with E-state index in [9.17, 15) is 18.0 Å². The average Bonchev–Trinajstić information content (AvgIpc) is 2.64. The van der Waals surface area contributed by atoms with Gasteiger partial charge in [-0.15, -0.1) is 0 Å². The summed E-state index contributed by atoms with van der Waals surface area (Å²) in [5, 5.41) is 0. The first-order valence-electron chi connectivity index (χ1n) is 4.80. The summed E-state index contributed by atoms with van der Waals surface area (Å²) in [5.74, 6) is -0.924. The van der Waals surface area contributed by atoms with Crippen molar-refractivity contribution < 1.29 is 22.7 Å². The SMILES string of the molecule is O=C1CC(c2ccccc2C(F)(F)F)CO1. The summed E-state index contributed by atoms with van der Waals surface area (Å²) >= 11 is 0. The van der Waals surface area contributed by atoms with Crippen molar-refractivity contribution in [2.75, 3.05) is 6.61 Å². The molecule has 16 heavy (non-hydrogen) atoms. The molecule has 1 fully saturated rings. The number of cyclic esters (lactones) is 1. The Morgan fingerprint density at radius 3 is 2.50 bits per heavy atom. The van der Waals surface area contributed by atoms with Crippen LogP contribution in [0.1, 0.15) is 23.5 Å². The number of alkyl halides is 3. The molecule has 0 aliphatic carbocycles. The van der Waals surface area contributed by atoms with Crippen molar-refractivity contribution in [3.05, 3.63) is 35.4 Å². The molecule has 5 heteroatoms. The monoisotopic (exact) mass is 230 g/mol. The van der Waals surface area contributed by atoms with Gasteiger partial charge in [0.05, 0.1) is 18.6 Å². The normalized spacial score (nSPS) is 20.9. The molecular weight excluding hydrogens is 221 g/mol. The second-order valence-corrected chi connectivity index (χ2v) is 3.67. The van der Waals surface area contributed by atoms with Gasteiger partial charge in [-0.2, -0.15) is 13.2 Å². The lowest BCUT2D eigenvalue weighted by Crippen LogP contribution is -2.12. The Hall–Kier alpha value is -1.52. The number of carbonyl (C=O) groups is 1. The molecule has 1 atom stereocenters. The molecule has 1 aliphatic rings. The largest absolute Gasteiger partial charge is 0.465 e. The van der Waals surface area contributed by atoms with Gasteiger partial charge in [-0.1, -0.05) is 18.2 Å². The molecule has 0 N–H and O–H groups in total. The van der Waals surface area contributed by atoms with E-state index in [1.807, 2.05) is 0 Å². The predicted molar refractivity (Wildman–Crippen MR) is 49.8 cm³/mol. The number of hydrogen-bond donors (Lipinski definition) is 0. The number of carbonyl (C=O) groups excluding carboxylic acids is 1. The molecule has 0 bridgehead atoms. The molecule has 86 valence electrons. The zero-order valence-electron chi connectivity index (χ0n) is 8.25. The second kappa shape index (κ2) is 3.81. The van der Waals surface area contributed by atoms with Gasteiger partial charge in [0.15, 0.2) is 0 Å². The van der Waals surface area contributed by atoms with Gasteiger partial charge < -0.3 is 4.74 Å². The van der Waals surface area contributed by atoms with E-state index in [0.717, 1.165) is 6.07 Å². The molecule has 1 unspecified atom stereocenters. The highest BCUT2D eigenvalue weighted by Gasteiger charge is 2.37. The minimum Gasteiger partial charge on any atom is -0.465 e. The van der Waals surface area contributed by atoms with Gasteiger partial charge in [0.25, 0.3) is 0 Å². The molecule has 0 spiro atoms. The van der Waals surface area contributed by atoms with Gasteiger partial charge in [0.1, 0.15) is 0 Å². The van der Waals surface area contributed by atoms with Gasteiger partial charge in [-0.05, 0) is 11.6 Å². The van der Waals surface area contributed by atoms with Crippen LogP contribution in [-0.4, -0.2) is 12.6 Å². The lowest BCUT2D eigenvalue weighted by atomic mass is 9.93. The van der Waals surface area contributed by atoms with Crippen LogP contribution in [0.3, 0.4) is 0 Å². The Bertz CT molecular complexity index is 412. The Kier molecular flexibility index (Phi) is 2.61. The molecule has 1 heterocycles. The maximum Gasteiger partial charge on any atom is 0.416 e. The van der Waals surface area contributed by atoms with Crippen LogP contribution in [0.15, 0.2) is 24.3 Å². The van der Waals surface area contributed by atoms with Crippen LogP contribution in [0.5, 0.6) is 0 Å². The van der Waals surface area contributed by atoms with Crippen LogP contribution in [0.4, 0.5) is 13.2 Å². The van der Waals surface area contributed by atoms with E-state index in [4.69, 9.17) is 0 Å². The van der Waals surface area contributed by atoms with Crippen LogP contribution in [0, 0.1) is 0 Å². The standard InChI is InChI=1S/C11H9F3O2/c12-11(13,14)9-4-2-1-3-8(9)7-5-10(15)16-6-7/h1-4,7H,5-6H2. The van der Waals surface area contributed by atoms with Gasteiger partial charge >= 0.3 is 12.1 Å². The maximum atomic E-state index is 12.7. The molecular formula is C11H9F3O2. The predicted octanol–water partition coefficient (Wildman–Crippen LogP) is 2.74. The van der Waals surface area contributed by atoms with E-state index in [1.54, 1.807) is 0 Å². The fraction of sp³-hybridized carbons (Fsp3) is 0.364. The number of esters is 1. The van der Waals surface area contributed by atoms with E-state index < -0.39 is 23.6 Å². The van der Waals surface area contributed by atoms with Crippen LogP contribution in [-0.2, 0) is 15.7 Å². The highest BCUT2D eigenvalue weighted by molar-refractivity contribution is 5.73. The Balaban J connectivity index is 2.37. The van der Waals surface area contributed by atoms with Crippen molar-refractivity contribution in [3.63, 3.8) is 0 Å². The molecule has 1 saturated heterocycles. The number of hydrogen-bond acceptors (Lipinski definition) is 2. The number of halogens is 3. The summed E-state index contributed by atoms with van der Waals surface area (Å²) in [5.41, 5.74) is -0.542. The van der Waals surface area contributed by atoms with Crippen molar-refractivity contribution in [1.82, 2.24) is 0 Å². The maximum absolute atomic E-state index is 12.7. The van der Waals surface area contributed by atoms with Crippen molar-refractivity contribution in [2.24, 2.45) is 0 Å². The van der Waals surface area contributed by atoms with Crippen LogP contribution in [0.2, 0.25) is 0 Å². The Morgan fingerprint density at radius 2 is 1.94 bits per heavy atom. The zero-order valence-corrected chi connectivity index (χ0v) is 8.25. The third kappa shape index (κ3) is 2.03. The molecule has 0 radical (unpaired) electrons. The van der Waals surface area contributed by atoms with E-state index >= 15 is 0 Å². The average molecular weight is 230 g/mol. The smallest absolute Gasteiger partial charge is 0.416 e. The third-order valence-electron chi connectivity index (χ3n) is 2.56. The first-order valence-corrected chi connectivity index (χ1v) is 4.80. The van der Waals surface area contributed by atoms with Crippen molar-refractivity contribution in [1.29, 1.82) is 0 Å². The third-order valence-corrected chi connectivity index (χ3v) is 2.56. The Labute approximate surface area is 90.0 Å². The quantitative estimate of drug-likeness (QED) is 0.693. The van der Waals surface area contributed by atoms with Crippen molar-refractivity contribution in [2.45, 2.75) is 18.5 Å². The van der Waals surface area contributed by atoms with Crippen LogP contribution < -0.4 is 0 Å². The molecule has 1 aromatic carbocycles. The van der Waals surface area contributed by atoms with Crippen molar-refractivity contribution in [3.8, 4) is 0 Å². The zero-order chi connectivity index (χ0) is 11.8. The van der Waals surface area contributed by atoms with Gasteiger partial charge in [0, 0.05) is 5.92 Å².